The minimum Gasteiger partial charge on any atom is -0.390 e. The number of halogens is 1. The molecular weight excluding hydrogens is 324 g/mol. The second kappa shape index (κ2) is 6.73. The number of aliphatic hydroxyl groups is 1. The number of hydrogen-bond acceptors (Lipinski definition) is 4. The van der Waals surface area contributed by atoms with Crippen LogP contribution in [-0.2, 0) is 7.05 Å². The Morgan fingerprint density at radius 3 is 2.58 bits per heavy atom. The first-order chi connectivity index (χ1) is 11.3. The first kappa shape index (κ1) is 17.2. The summed E-state index contributed by atoms with van der Waals surface area (Å²) in [5, 5.41) is 18.8. The van der Waals surface area contributed by atoms with E-state index >= 15 is 0 Å². The fourth-order valence-electron chi connectivity index (χ4n) is 3.48. The number of hydrogen-bond donors (Lipinski definition) is 2. The van der Waals surface area contributed by atoms with E-state index in [0.717, 1.165) is 42.6 Å². The molecule has 2 heterocycles. The number of aromatic nitrogens is 3. The standard InChI is InChI=1S/C18H25ClN4O/c1-18(2,24)12-4-6-13(7-5-12)21-16-10-17(19)20-11-14(16)15-8-9-23(3)22-15/h8-13,24H,4-7H2,1-3H3,(H,20,21). The Morgan fingerprint density at radius 2 is 2.00 bits per heavy atom. The predicted molar refractivity (Wildman–Crippen MR) is 97.1 cm³/mol. The maximum absolute atomic E-state index is 10.2. The SMILES string of the molecule is Cn1ccc(-c2cnc(Cl)cc2NC2CCC(C(C)(C)O)CC2)n1. The molecule has 2 N–H and O–H groups in total. The van der Waals surface area contributed by atoms with E-state index in [4.69, 9.17) is 11.6 Å². The number of nitrogens with one attached hydrogen (secondary N) is 1. The lowest BCUT2D eigenvalue weighted by Gasteiger charge is -2.36. The minimum absolute atomic E-state index is 0.367. The van der Waals surface area contributed by atoms with Crippen LogP contribution in [0.3, 0.4) is 0 Å². The third kappa shape index (κ3) is 3.90. The van der Waals surface area contributed by atoms with E-state index in [9.17, 15) is 5.11 Å². The van der Waals surface area contributed by atoms with Crippen molar-refractivity contribution in [1.29, 1.82) is 0 Å². The highest BCUT2D eigenvalue weighted by Crippen LogP contribution is 2.35. The van der Waals surface area contributed by atoms with Gasteiger partial charge >= 0.3 is 0 Å². The van der Waals surface area contributed by atoms with Crippen molar-refractivity contribution in [3.63, 3.8) is 0 Å². The molecule has 1 saturated carbocycles. The molecule has 1 aliphatic carbocycles. The number of pyridine rings is 1. The van der Waals surface area contributed by atoms with Crippen LogP contribution in [-0.4, -0.2) is 31.5 Å². The summed E-state index contributed by atoms with van der Waals surface area (Å²) in [6, 6.07) is 4.22. The van der Waals surface area contributed by atoms with Gasteiger partial charge < -0.3 is 10.4 Å². The Hall–Kier alpha value is -1.59. The van der Waals surface area contributed by atoms with Crippen LogP contribution in [0.15, 0.2) is 24.5 Å². The lowest BCUT2D eigenvalue weighted by Crippen LogP contribution is -2.37. The van der Waals surface area contributed by atoms with E-state index < -0.39 is 5.60 Å². The molecule has 0 aliphatic heterocycles. The van der Waals surface area contributed by atoms with Gasteiger partial charge in [-0.25, -0.2) is 4.98 Å². The van der Waals surface area contributed by atoms with Crippen molar-refractivity contribution in [3.8, 4) is 11.3 Å². The highest BCUT2D eigenvalue weighted by Gasteiger charge is 2.31. The van der Waals surface area contributed by atoms with E-state index in [0.29, 0.717) is 17.1 Å². The van der Waals surface area contributed by atoms with E-state index in [1.165, 1.54) is 0 Å². The monoisotopic (exact) mass is 348 g/mol. The summed E-state index contributed by atoms with van der Waals surface area (Å²) in [6.45, 7) is 3.82. The Balaban J connectivity index is 1.75. The molecule has 0 bridgehead atoms. The molecule has 0 spiro atoms. The van der Waals surface area contributed by atoms with Gasteiger partial charge in [0.1, 0.15) is 5.15 Å². The average Bonchev–Trinajstić information content (AvgIpc) is 2.93. The minimum atomic E-state index is -0.593. The number of aryl methyl sites for hydroxylation is 1. The Kier molecular flexibility index (Phi) is 4.83. The normalized spacial score (nSPS) is 21.7. The lowest BCUT2D eigenvalue weighted by atomic mass is 9.77. The van der Waals surface area contributed by atoms with Gasteiger partial charge in [-0.15, -0.1) is 0 Å². The molecule has 24 heavy (non-hydrogen) atoms. The summed E-state index contributed by atoms with van der Waals surface area (Å²) in [4.78, 5) is 4.21. The van der Waals surface area contributed by atoms with Crippen LogP contribution in [0, 0.1) is 5.92 Å². The first-order valence-corrected chi connectivity index (χ1v) is 8.85. The highest BCUT2D eigenvalue weighted by atomic mass is 35.5. The molecule has 130 valence electrons. The molecule has 0 aromatic carbocycles. The quantitative estimate of drug-likeness (QED) is 0.823. The van der Waals surface area contributed by atoms with Crippen molar-refractivity contribution >= 4 is 17.3 Å². The zero-order valence-electron chi connectivity index (χ0n) is 14.5. The van der Waals surface area contributed by atoms with Crippen molar-refractivity contribution in [2.45, 2.75) is 51.2 Å². The second-order valence-corrected chi connectivity index (χ2v) is 7.66. The van der Waals surface area contributed by atoms with Gasteiger partial charge in [0.15, 0.2) is 0 Å². The molecule has 5 nitrogen and oxygen atoms in total. The molecule has 0 amide bonds. The van der Waals surface area contributed by atoms with Crippen LogP contribution in [0.4, 0.5) is 5.69 Å². The van der Waals surface area contributed by atoms with E-state index in [1.54, 1.807) is 10.9 Å². The van der Waals surface area contributed by atoms with Gasteiger partial charge in [-0.05, 0) is 57.6 Å². The van der Waals surface area contributed by atoms with E-state index in [-0.39, 0.29) is 0 Å². The lowest BCUT2D eigenvalue weighted by molar-refractivity contribution is -0.000388. The smallest absolute Gasteiger partial charge is 0.131 e. The van der Waals surface area contributed by atoms with Gasteiger partial charge in [0.25, 0.3) is 0 Å². The van der Waals surface area contributed by atoms with Gasteiger partial charge in [-0.3, -0.25) is 4.68 Å². The topological polar surface area (TPSA) is 63.0 Å². The first-order valence-electron chi connectivity index (χ1n) is 8.47. The fraction of sp³-hybridized carbons (Fsp3) is 0.556. The Bertz CT molecular complexity index is 699. The summed E-state index contributed by atoms with van der Waals surface area (Å²) in [5.74, 6) is 0.367. The second-order valence-electron chi connectivity index (χ2n) is 7.27. The maximum Gasteiger partial charge on any atom is 0.131 e. The largest absolute Gasteiger partial charge is 0.390 e. The van der Waals surface area contributed by atoms with Crippen LogP contribution < -0.4 is 5.32 Å². The van der Waals surface area contributed by atoms with Crippen LogP contribution in [0.1, 0.15) is 39.5 Å². The zero-order valence-corrected chi connectivity index (χ0v) is 15.2. The van der Waals surface area contributed by atoms with Crippen LogP contribution in [0.25, 0.3) is 11.3 Å². The van der Waals surface area contributed by atoms with Crippen LogP contribution in [0.5, 0.6) is 0 Å². The molecule has 2 aromatic heterocycles. The molecule has 1 fully saturated rings. The summed E-state index contributed by atoms with van der Waals surface area (Å²) in [5.41, 5.74) is 2.23. The van der Waals surface area contributed by atoms with Gasteiger partial charge in [0.2, 0.25) is 0 Å². The third-order valence-corrected chi connectivity index (χ3v) is 5.15. The van der Waals surface area contributed by atoms with E-state index in [1.807, 2.05) is 39.2 Å². The van der Waals surface area contributed by atoms with Crippen molar-refractivity contribution in [3.05, 3.63) is 29.7 Å². The van der Waals surface area contributed by atoms with E-state index in [2.05, 4.69) is 15.4 Å². The van der Waals surface area contributed by atoms with Crippen LogP contribution in [0.2, 0.25) is 5.15 Å². The van der Waals surface area contributed by atoms with Gasteiger partial charge in [-0.2, -0.15) is 5.10 Å². The Morgan fingerprint density at radius 1 is 1.29 bits per heavy atom. The number of nitrogens with zero attached hydrogens (tertiary/aromatic N) is 3. The molecule has 6 heteroatoms. The fourth-order valence-corrected chi connectivity index (χ4v) is 3.63. The van der Waals surface area contributed by atoms with Crippen molar-refractivity contribution < 1.29 is 5.11 Å². The average molecular weight is 349 g/mol. The molecule has 0 saturated heterocycles. The summed E-state index contributed by atoms with van der Waals surface area (Å²) in [6.07, 6.45) is 7.82. The zero-order chi connectivity index (χ0) is 17.3. The molecule has 0 radical (unpaired) electrons. The van der Waals surface area contributed by atoms with Crippen molar-refractivity contribution in [1.82, 2.24) is 14.8 Å². The summed E-state index contributed by atoms with van der Waals surface area (Å²) in [7, 11) is 1.90. The third-order valence-electron chi connectivity index (χ3n) is 4.95. The summed E-state index contributed by atoms with van der Waals surface area (Å²) < 4.78 is 1.78. The molecule has 0 atom stereocenters. The molecule has 3 rings (SSSR count). The van der Waals surface area contributed by atoms with Crippen molar-refractivity contribution in [2.24, 2.45) is 13.0 Å². The summed E-state index contributed by atoms with van der Waals surface area (Å²) >= 11 is 6.10. The molecule has 1 aliphatic rings. The Labute approximate surface area is 148 Å². The molecule has 0 unspecified atom stereocenters. The van der Waals surface area contributed by atoms with Gasteiger partial charge in [0.05, 0.1) is 11.3 Å². The van der Waals surface area contributed by atoms with Crippen molar-refractivity contribution in [2.75, 3.05) is 5.32 Å². The predicted octanol–water partition coefficient (Wildman–Crippen LogP) is 3.88. The number of rotatable bonds is 4. The van der Waals surface area contributed by atoms with Gasteiger partial charge in [0, 0.05) is 36.7 Å². The molecular formula is C18H25ClN4O. The molecule has 2 aromatic rings. The number of anilines is 1. The van der Waals surface area contributed by atoms with Gasteiger partial charge in [-0.1, -0.05) is 11.6 Å². The maximum atomic E-state index is 10.2. The van der Waals surface area contributed by atoms with Crippen LogP contribution >= 0.6 is 11.6 Å². The highest BCUT2D eigenvalue weighted by molar-refractivity contribution is 6.29.